The van der Waals surface area contributed by atoms with Crippen molar-refractivity contribution < 1.29 is 14.3 Å². The number of aliphatic hydroxyl groups excluding tert-OH is 1. The zero-order valence-corrected chi connectivity index (χ0v) is 20.0. The van der Waals surface area contributed by atoms with E-state index in [1.807, 2.05) is 77.0 Å². The summed E-state index contributed by atoms with van der Waals surface area (Å²) in [5.74, 6) is 2.00. The van der Waals surface area contributed by atoms with Gasteiger partial charge in [0.15, 0.2) is 0 Å². The van der Waals surface area contributed by atoms with Crippen molar-refractivity contribution in [2.75, 3.05) is 13.7 Å². The zero-order valence-electron chi connectivity index (χ0n) is 19.2. The Morgan fingerprint density at radius 3 is 2.63 bits per heavy atom. The molecule has 0 amide bonds. The molecule has 2 aromatic carbocycles. The second-order valence-electron chi connectivity index (χ2n) is 8.22. The third-order valence-corrected chi connectivity index (χ3v) is 6.71. The van der Waals surface area contributed by atoms with Crippen molar-refractivity contribution in [3.05, 3.63) is 106 Å². The molecule has 0 spiro atoms. The molecule has 5 aromatic rings. The minimum absolute atomic E-state index is 0.200. The van der Waals surface area contributed by atoms with Crippen LogP contribution in [0.1, 0.15) is 23.3 Å². The number of thiophene rings is 1. The van der Waals surface area contributed by atoms with E-state index in [-0.39, 0.29) is 5.56 Å². The van der Waals surface area contributed by atoms with Gasteiger partial charge in [0, 0.05) is 23.1 Å². The highest BCUT2D eigenvalue weighted by Gasteiger charge is 2.19. The molecule has 35 heavy (non-hydrogen) atoms. The van der Waals surface area contributed by atoms with Gasteiger partial charge in [-0.25, -0.2) is 4.98 Å². The van der Waals surface area contributed by atoms with Crippen molar-refractivity contribution in [1.29, 1.82) is 0 Å². The zero-order chi connectivity index (χ0) is 24.2. The molecule has 1 atom stereocenters. The summed E-state index contributed by atoms with van der Waals surface area (Å²) in [6.45, 7) is 1.16. The molecule has 3 heterocycles. The topological polar surface area (TPSA) is 91.6 Å². The number of furan rings is 1. The second-order valence-corrected chi connectivity index (χ2v) is 9.08. The van der Waals surface area contributed by atoms with Gasteiger partial charge in [-0.2, -0.15) is 0 Å². The van der Waals surface area contributed by atoms with Gasteiger partial charge in [-0.15, -0.1) is 11.3 Å². The Morgan fingerprint density at radius 1 is 1.06 bits per heavy atom. The van der Waals surface area contributed by atoms with Crippen LogP contribution in [0, 0.1) is 0 Å². The van der Waals surface area contributed by atoms with Gasteiger partial charge in [0.2, 0.25) is 0 Å². The number of ether oxygens (including phenoxy) is 1. The number of aromatic nitrogens is 2. The van der Waals surface area contributed by atoms with Crippen molar-refractivity contribution in [3.8, 4) is 16.9 Å². The van der Waals surface area contributed by atoms with E-state index >= 15 is 0 Å². The van der Waals surface area contributed by atoms with Gasteiger partial charge in [0.05, 0.1) is 38.0 Å². The van der Waals surface area contributed by atoms with Crippen LogP contribution in [0.5, 0.6) is 5.75 Å². The third-order valence-electron chi connectivity index (χ3n) is 5.84. The fourth-order valence-electron chi connectivity index (χ4n) is 4.18. The number of hydrogen-bond acceptors (Lipinski definition) is 7. The molecule has 1 unspecified atom stereocenters. The lowest BCUT2D eigenvalue weighted by molar-refractivity contribution is 0.0989. The molecule has 3 aromatic heterocycles. The Labute approximate surface area is 206 Å². The molecular formula is C27H25N3O4S. The molecular weight excluding hydrogens is 462 g/mol. The van der Waals surface area contributed by atoms with Crippen molar-refractivity contribution in [2.45, 2.75) is 19.2 Å². The van der Waals surface area contributed by atoms with Crippen LogP contribution in [-0.4, -0.2) is 33.6 Å². The van der Waals surface area contributed by atoms with Crippen LogP contribution in [0.3, 0.4) is 0 Å². The predicted molar refractivity (Wildman–Crippen MR) is 136 cm³/mol. The highest BCUT2D eigenvalue weighted by atomic mass is 32.1. The van der Waals surface area contributed by atoms with Crippen molar-refractivity contribution in [3.63, 3.8) is 0 Å². The Hall–Kier alpha value is -3.72. The summed E-state index contributed by atoms with van der Waals surface area (Å²) in [7, 11) is 1.62. The molecule has 2 N–H and O–H groups in total. The van der Waals surface area contributed by atoms with Gasteiger partial charge in [-0.05, 0) is 23.8 Å². The summed E-state index contributed by atoms with van der Waals surface area (Å²) in [6, 6.07) is 20.9. The first-order chi connectivity index (χ1) is 17.1. The number of nitrogens with one attached hydrogen (secondary N) is 1. The fraction of sp³-hybridized carbons (Fsp3) is 0.185. The first-order valence-electron chi connectivity index (χ1n) is 11.2. The van der Waals surface area contributed by atoms with E-state index in [1.54, 1.807) is 13.4 Å². The van der Waals surface area contributed by atoms with Crippen LogP contribution >= 0.6 is 11.3 Å². The predicted octanol–water partition coefficient (Wildman–Crippen LogP) is 4.99. The molecule has 0 radical (unpaired) electrons. The van der Waals surface area contributed by atoms with E-state index in [0.29, 0.717) is 41.4 Å². The van der Waals surface area contributed by atoms with Gasteiger partial charge in [0.25, 0.3) is 5.56 Å². The number of H-pyrrole nitrogens is 1. The summed E-state index contributed by atoms with van der Waals surface area (Å²) >= 11 is 1.43. The monoisotopic (exact) mass is 487 g/mol. The molecule has 0 saturated carbocycles. The third kappa shape index (κ3) is 5.05. The SMILES string of the molecule is COc1ccccc1-c1csc2nc(CN(Cc3ccco3)CC(O)c3ccccc3)[nH]c(=O)c12. The number of nitrogens with zero attached hydrogens (tertiary/aromatic N) is 2. The minimum atomic E-state index is -0.694. The van der Waals surface area contributed by atoms with E-state index in [2.05, 4.69) is 4.98 Å². The lowest BCUT2D eigenvalue weighted by Crippen LogP contribution is -2.29. The summed E-state index contributed by atoms with van der Waals surface area (Å²) in [6.07, 6.45) is 0.929. The van der Waals surface area contributed by atoms with Crippen LogP contribution in [0.15, 0.2) is 87.6 Å². The number of aliphatic hydroxyl groups is 1. The van der Waals surface area contributed by atoms with Gasteiger partial charge in [0.1, 0.15) is 22.2 Å². The number of para-hydroxylation sites is 1. The van der Waals surface area contributed by atoms with Crippen LogP contribution in [0.2, 0.25) is 0 Å². The molecule has 0 aliphatic carbocycles. The highest BCUT2D eigenvalue weighted by Crippen LogP contribution is 2.36. The lowest BCUT2D eigenvalue weighted by Gasteiger charge is -2.24. The molecule has 5 rings (SSSR count). The number of benzene rings is 2. The standard InChI is InChI=1S/C27H25N3O4S/c1-33-23-12-6-5-11-20(23)21-17-35-27-25(21)26(32)28-24(29-27)16-30(14-19-10-7-13-34-19)15-22(31)18-8-3-2-4-9-18/h2-13,17,22,31H,14-16H2,1H3,(H,28,29,32). The first-order valence-corrected chi connectivity index (χ1v) is 12.1. The average molecular weight is 488 g/mol. The Bertz CT molecular complexity index is 1460. The van der Waals surface area contributed by atoms with Crippen LogP contribution in [-0.2, 0) is 13.1 Å². The van der Waals surface area contributed by atoms with E-state index in [9.17, 15) is 9.90 Å². The van der Waals surface area contributed by atoms with Crippen molar-refractivity contribution in [2.24, 2.45) is 0 Å². The number of fused-ring (bicyclic) bond motifs is 1. The van der Waals surface area contributed by atoms with Gasteiger partial charge >= 0.3 is 0 Å². The van der Waals surface area contributed by atoms with Crippen LogP contribution in [0.4, 0.5) is 0 Å². The van der Waals surface area contributed by atoms with Crippen LogP contribution in [0.25, 0.3) is 21.3 Å². The molecule has 0 fully saturated rings. The smallest absolute Gasteiger partial charge is 0.260 e. The molecule has 7 nitrogen and oxygen atoms in total. The Kier molecular flexibility index (Phi) is 6.76. The Balaban J connectivity index is 1.45. The van der Waals surface area contributed by atoms with Crippen molar-refractivity contribution >= 4 is 21.6 Å². The molecule has 0 aliphatic heterocycles. The van der Waals surface area contributed by atoms with E-state index in [0.717, 1.165) is 22.5 Å². The summed E-state index contributed by atoms with van der Waals surface area (Å²) < 4.78 is 11.0. The van der Waals surface area contributed by atoms with Crippen LogP contribution < -0.4 is 10.3 Å². The maximum Gasteiger partial charge on any atom is 0.260 e. The average Bonchev–Trinajstić information content (AvgIpc) is 3.54. The first kappa shape index (κ1) is 23.0. The maximum atomic E-state index is 13.2. The van der Waals surface area contributed by atoms with Crippen molar-refractivity contribution in [1.82, 2.24) is 14.9 Å². The normalized spacial score (nSPS) is 12.3. The minimum Gasteiger partial charge on any atom is -0.496 e. The lowest BCUT2D eigenvalue weighted by atomic mass is 10.1. The van der Waals surface area contributed by atoms with E-state index in [1.165, 1.54) is 11.3 Å². The largest absolute Gasteiger partial charge is 0.496 e. The highest BCUT2D eigenvalue weighted by molar-refractivity contribution is 7.17. The molecule has 0 aliphatic rings. The van der Waals surface area contributed by atoms with Gasteiger partial charge in [-0.1, -0.05) is 48.5 Å². The summed E-state index contributed by atoms with van der Waals surface area (Å²) in [5, 5.41) is 13.3. The molecule has 0 bridgehead atoms. The van der Waals surface area contributed by atoms with E-state index in [4.69, 9.17) is 14.1 Å². The maximum absolute atomic E-state index is 13.2. The fourth-order valence-corrected chi connectivity index (χ4v) is 5.14. The summed E-state index contributed by atoms with van der Waals surface area (Å²) in [5.41, 5.74) is 2.28. The van der Waals surface area contributed by atoms with Gasteiger partial charge in [-0.3, -0.25) is 9.69 Å². The van der Waals surface area contributed by atoms with Gasteiger partial charge < -0.3 is 19.2 Å². The molecule has 0 saturated heterocycles. The number of aromatic amines is 1. The summed E-state index contributed by atoms with van der Waals surface area (Å²) in [4.78, 5) is 23.6. The molecule has 8 heteroatoms. The number of methoxy groups -OCH3 is 1. The van der Waals surface area contributed by atoms with E-state index < -0.39 is 6.10 Å². The number of rotatable bonds is 9. The second kappa shape index (κ2) is 10.3. The Morgan fingerprint density at radius 2 is 1.86 bits per heavy atom. The quantitative estimate of drug-likeness (QED) is 0.304. The number of hydrogen-bond donors (Lipinski definition) is 2. The molecule has 178 valence electrons.